The van der Waals surface area contributed by atoms with Gasteiger partial charge in [-0.2, -0.15) is 0 Å². The molecule has 2 aromatic heterocycles. The van der Waals surface area contributed by atoms with Crippen molar-refractivity contribution in [3.63, 3.8) is 0 Å². The summed E-state index contributed by atoms with van der Waals surface area (Å²) in [5.74, 6) is 0.104. The number of carbonyl (C=O) groups excluding carboxylic acids is 1. The molecule has 1 N–H and O–H groups in total. The smallest absolute Gasteiger partial charge is 0.164 e. The standard InChI is InChI=1S/C20H22NO.C11H20O2.Ir/c1-5-20(4,6-2)17-10-14(3)9-16(11-17)18-12-15-7-8-22-19(15)13-21-18;1-10(2,3)8(12)7-9(13)11(4,5)6;/h7-8,10-13H,5-6H2,1-4H3;7,12H,1-6H3;/q-1;;/b;8-7-;. The average Bonchev–Trinajstić information content (AvgIpc) is 3.25. The molecule has 5 heteroatoms. The number of benzene rings is 1. The van der Waals surface area contributed by atoms with Crippen LogP contribution in [0.1, 0.15) is 86.3 Å². The van der Waals surface area contributed by atoms with Crippen molar-refractivity contribution in [2.24, 2.45) is 10.8 Å². The van der Waals surface area contributed by atoms with Crippen molar-refractivity contribution >= 4 is 16.8 Å². The van der Waals surface area contributed by atoms with Gasteiger partial charge in [0.25, 0.3) is 0 Å². The van der Waals surface area contributed by atoms with Crippen LogP contribution in [0.3, 0.4) is 0 Å². The van der Waals surface area contributed by atoms with Crippen LogP contribution in [0, 0.1) is 23.8 Å². The number of fused-ring (bicyclic) bond motifs is 1. The monoisotopic (exact) mass is 669 g/mol. The number of pyridine rings is 1. The van der Waals surface area contributed by atoms with E-state index in [1.807, 2.05) is 47.6 Å². The van der Waals surface area contributed by atoms with Gasteiger partial charge in [-0.25, -0.2) is 0 Å². The molecule has 0 aliphatic rings. The number of ketones is 1. The first-order valence-electron chi connectivity index (χ1n) is 12.4. The van der Waals surface area contributed by atoms with Crippen molar-refractivity contribution in [1.29, 1.82) is 0 Å². The topological polar surface area (TPSA) is 63.3 Å². The minimum Gasteiger partial charge on any atom is -0.512 e. The predicted octanol–water partition coefficient (Wildman–Crippen LogP) is 8.77. The number of furan rings is 1. The van der Waals surface area contributed by atoms with Crippen LogP contribution >= 0.6 is 0 Å². The Morgan fingerprint density at radius 1 is 1.03 bits per heavy atom. The Morgan fingerprint density at radius 3 is 2.17 bits per heavy atom. The van der Waals surface area contributed by atoms with Crippen LogP contribution in [0.25, 0.3) is 22.2 Å². The molecule has 0 saturated heterocycles. The zero-order chi connectivity index (χ0) is 26.6. The molecule has 0 amide bonds. The minimum absolute atomic E-state index is 0. The van der Waals surface area contributed by atoms with Crippen LogP contribution < -0.4 is 0 Å². The molecule has 0 atom stereocenters. The summed E-state index contributed by atoms with van der Waals surface area (Å²) >= 11 is 0. The zero-order valence-corrected chi connectivity index (χ0v) is 25.9. The number of aliphatic hydroxyl groups is 1. The van der Waals surface area contributed by atoms with Crippen molar-refractivity contribution in [1.82, 2.24) is 4.98 Å². The Labute approximate surface area is 231 Å². The molecule has 3 aromatic rings. The Kier molecular flexibility index (Phi) is 10.9. The molecule has 0 unspecified atom stereocenters. The Bertz CT molecular complexity index is 1190. The number of hydrogen-bond acceptors (Lipinski definition) is 4. The van der Waals surface area contributed by atoms with Gasteiger partial charge in [0.2, 0.25) is 0 Å². The van der Waals surface area contributed by atoms with E-state index in [0.29, 0.717) is 0 Å². The van der Waals surface area contributed by atoms with E-state index in [-0.39, 0.29) is 42.5 Å². The average molecular weight is 669 g/mol. The van der Waals surface area contributed by atoms with Crippen molar-refractivity contribution < 1.29 is 34.4 Å². The Morgan fingerprint density at radius 2 is 1.64 bits per heavy atom. The van der Waals surface area contributed by atoms with Crippen LogP contribution in [0.2, 0.25) is 0 Å². The van der Waals surface area contributed by atoms with Crippen molar-refractivity contribution in [2.45, 2.75) is 87.5 Å². The van der Waals surface area contributed by atoms with E-state index in [1.54, 1.807) is 12.5 Å². The number of hydrogen-bond donors (Lipinski definition) is 1. The van der Waals surface area contributed by atoms with Crippen LogP contribution in [0.15, 0.2) is 53.0 Å². The first-order chi connectivity index (χ1) is 16.1. The summed E-state index contributed by atoms with van der Waals surface area (Å²) in [6.07, 6.45) is 7.08. The van der Waals surface area contributed by atoms with E-state index in [0.717, 1.165) is 40.6 Å². The molecule has 0 spiro atoms. The van der Waals surface area contributed by atoms with E-state index < -0.39 is 5.41 Å². The van der Waals surface area contributed by atoms with Gasteiger partial charge in [-0.05, 0) is 30.0 Å². The van der Waals surface area contributed by atoms with Crippen molar-refractivity contribution in [2.75, 3.05) is 0 Å². The molecular formula is C31H42IrNO3-. The molecule has 0 bridgehead atoms. The van der Waals surface area contributed by atoms with Gasteiger partial charge in [-0.15, -0.1) is 34.9 Å². The third kappa shape index (κ3) is 8.14. The number of aliphatic hydroxyl groups excluding tert-OH is 1. The maximum Gasteiger partial charge on any atom is 0.164 e. The molecular weight excluding hydrogens is 627 g/mol. The summed E-state index contributed by atoms with van der Waals surface area (Å²) in [6, 6.07) is 12.0. The molecule has 3 rings (SSSR count). The second-order valence-corrected chi connectivity index (χ2v) is 11.7. The summed E-state index contributed by atoms with van der Waals surface area (Å²) in [5.41, 5.74) is 4.81. The number of allylic oxidation sites excluding steroid dienone is 2. The van der Waals surface area contributed by atoms with Gasteiger partial charge < -0.3 is 14.5 Å². The van der Waals surface area contributed by atoms with E-state index in [4.69, 9.17) is 4.42 Å². The molecule has 36 heavy (non-hydrogen) atoms. The summed E-state index contributed by atoms with van der Waals surface area (Å²) in [4.78, 5) is 16.0. The second kappa shape index (κ2) is 12.3. The van der Waals surface area contributed by atoms with Gasteiger partial charge >= 0.3 is 0 Å². The summed E-state index contributed by atoms with van der Waals surface area (Å²) < 4.78 is 5.37. The van der Waals surface area contributed by atoms with Gasteiger partial charge in [0, 0.05) is 42.4 Å². The first kappa shape index (κ1) is 31.8. The fraction of sp³-hybridized carbons (Fsp3) is 0.484. The maximum atomic E-state index is 11.5. The molecule has 0 fully saturated rings. The van der Waals surface area contributed by atoms with E-state index in [2.05, 4.69) is 56.9 Å². The van der Waals surface area contributed by atoms with Crippen molar-refractivity contribution in [3.05, 3.63) is 65.8 Å². The fourth-order valence-electron chi connectivity index (χ4n) is 3.43. The van der Waals surface area contributed by atoms with E-state index in [1.165, 1.54) is 11.6 Å². The normalized spacial score (nSPS) is 12.6. The first-order valence-corrected chi connectivity index (χ1v) is 12.4. The van der Waals surface area contributed by atoms with Gasteiger partial charge in [-0.3, -0.25) is 4.79 Å². The fourth-order valence-corrected chi connectivity index (χ4v) is 3.43. The zero-order valence-electron chi connectivity index (χ0n) is 23.5. The van der Waals surface area contributed by atoms with Crippen LogP contribution in [0.5, 0.6) is 0 Å². The molecule has 0 saturated carbocycles. The molecule has 2 heterocycles. The molecule has 0 aliphatic carbocycles. The van der Waals surface area contributed by atoms with Gasteiger partial charge in [0.15, 0.2) is 5.78 Å². The van der Waals surface area contributed by atoms with E-state index >= 15 is 0 Å². The third-order valence-electron chi connectivity index (χ3n) is 6.65. The molecule has 1 aromatic carbocycles. The number of aryl methyl sites for hydroxylation is 1. The van der Waals surface area contributed by atoms with Crippen LogP contribution in [-0.2, 0) is 30.3 Å². The van der Waals surface area contributed by atoms with E-state index in [9.17, 15) is 9.90 Å². The maximum absolute atomic E-state index is 11.5. The largest absolute Gasteiger partial charge is 0.512 e. The number of carbonyl (C=O) groups is 1. The Balaban J connectivity index is 0.000000402. The third-order valence-corrected chi connectivity index (χ3v) is 6.65. The quantitative estimate of drug-likeness (QED) is 0.168. The number of rotatable bonds is 5. The number of aromatic nitrogens is 1. The summed E-state index contributed by atoms with van der Waals surface area (Å²) in [7, 11) is 0. The Hall–Kier alpha value is -2.23. The van der Waals surface area contributed by atoms with Gasteiger partial charge in [0.1, 0.15) is 11.3 Å². The number of nitrogens with zero attached hydrogens (tertiary/aromatic N) is 1. The molecule has 0 aliphatic heterocycles. The summed E-state index contributed by atoms with van der Waals surface area (Å²) in [6.45, 7) is 20.1. The molecule has 4 nitrogen and oxygen atoms in total. The summed E-state index contributed by atoms with van der Waals surface area (Å²) in [5, 5.41) is 10.6. The minimum atomic E-state index is -0.417. The molecule has 1 radical (unpaired) electrons. The van der Waals surface area contributed by atoms with Gasteiger partial charge in [0.05, 0.1) is 12.5 Å². The van der Waals surface area contributed by atoms with Gasteiger partial charge in [-0.1, -0.05) is 75.3 Å². The molecule has 199 valence electrons. The van der Waals surface area contributed by atoms with Crippen LogP contribution in [-0.4, -0.2) is 15.9 Å². The van der Waals surface area contributed by atoms with Crippen LogP contribution in [0.4, 0.5) is 0 Å². The van der Waals surface area contributed by atoms with Crippen molar-refractivity contribution in [3.8, 4) is 11.3 Å². The second-order valence-electron chi connectivity index (χ2n) is 11.7. The SMILES string of the molecule is CC(C)(C)C(=O)/C=C(\O)C(C)(C)C.CCC(C)(CC)c1cc(C)[c-]c(-c2cc3ccoc3cn2)c1.[Ir]. The predicted molar refractivity (Wildman–Crippen MR) is 146 cm³/mol.